The van der Waals surface area contributed by atoms with Crippen LogP contribution in [-0.4, -0.2) is 0 Å². The molecule has 0 heterocycles. The van der Waals surface area contributed by atoms with Gasteiger partial charge in [-0.1, -0.05) is 97.9 Å². The van der Waals surface area contributed by atoms with E-state index in [4.69, 9.17) is 0 Å². The molecule has 0 nitrogen and oxygen atoms in total. The molecular weight excluding hydrogens is 276 g/mol. The minimum atomic E-state index is 0.158. The molecule has 0 radical (unpaired) electrons. The molecule has 0 N–H and O–H groups in total. The molecule has 0 aromatic heterocycles. The minimum absolute atomic E-state index is 0.158. The van der Waals surface area contributed by atoms with Gasteiger partial charge < -0.3 is 0 Å². The van der Waals surface area contributed by atoms with Gasteiger partial charge in [-0.2, -0.15) is 0 Å². The number of benzene rings is 2. The largest absolute Gasteiger partial charge is 0.0614 e. The molecular formula is C23H32. The Morgan fingerprint density at radius 3 is 1.61 bits per heavy atom. The van der Waals surface area contributed by atoms with Crippen molar-refractivity contribution < 1.29 is 0 Å². The number of rotatable bonds is 2. The molecule has 0 unspecified atom stereocenters. The van der Waals surface area contributed by atoms with Gasteiger partial charge >= 0.3 is 0 Å². The lowest BCUT2D eigenvalue weighted by Crippen LogP contribution is -2.16. The van der Waals surface area contributed by atoms with E-state index in [1.807, 2.05) is 0 Å². The van der Waals surface area contributed by atoms with Crippen LogP contribution in [0.15, 0.2) is 42.5 Å². The molecule has 0 atom stereocenters. The van der Waals surface area contributed by atoms with E-state index >= 15 is 0 Å². The normalized spacial score (nSPS) is 12.7. The summed E-state index contributed by atoms with van der Waals surface area (Å²) in [4.78, 5) is 0. The van der Waals surface area contributed by atoms with Gasteiger partial charge in [-0.25, -0.2) is 0 Å². The van der Waals surface area contributed by atoms with Crippen LogP contribution in [0.5, 0.6) is 0 Å². The van der Waals surface area contributed by atoms with Gasteiger partial charge in [0.2, 0.25) is 0 Å². The van der Waals surface area contributed by atoms with Crippen molar-refractivity contribution in [2.45, 2.75) is 72.1 Å². The number of hydrogen-bond acceptors (Lipinski definition) is 0. The van der Waals surface area contributed by atoms with Crippen LogP contribution in [-0.2, 0) is 10.8 Å². The van der Waals surface area contributed by atoms with Crippen molar-refractivity contribution in [1.82, 2.24) is 0 Å². The van der Waals surface area contributed by atoms with Crippen molar-refractivity contribution in [2.75, 3.05) is 0 Å². The second kappa shape index (κ2) is 6.15. The van der Waals surface area contributed by atoms with Crippen molar-refractivity contribution in [3.63, 3.8) is 0 Å². The summed E-state index contributed by atoms with van der Waals surface area (Å²) in [5.41, 5.74) is 7.21. The highest BCUT2D eigenvalue weighted by atomic mass is 14.3. The topological polar surface area (TPSA) is 0 Å². The molecule has 0 spiro atoms. The molecule has 0 aliphatic carbocycles. The van der Waals surface area contributed by atoms with Crippen LogP contribution in [0.2, 0.25) is 0 Å². The van der Waals surface area contributed by atoms with E-state index in [0.717, 1.165) is 0 Å². The summed E-state index contributed by atoms with van der Waals surface area (Å²) in [6.07, 6.45) is 0. The first-order valence-electron chi connectivity index (χ1n) is 8.75. The fourth-order valence-corrected chi connectivity index (χ4v) is 2.74. The molecule has 0 aliphatic rings. The summed E-state index contributed by atoms with van der Waals surface area (Å²) in [6.45, 7) is 18.3. The lowest BCUT2D eigenvalue weighted by atomic mass is 9.79. The first kappa shape index (κ1) is 17.8. The van der Waals surface area contributed by atoms with Gasteiger partial charge in [0.1, 0.15) is 0 Å². The standard InChI is InChI=1S/C23H32/c1-16(2)17-10-9-11-18(12-17)19-13-20(22(3,4)5)15-21(14-19)23(6,7)8/h9-16H,1-8H3. The third kappa shape index (κ3) is 4.25. The van der Waals surface area contributed by atoms with E-state index in [-0.39, 0.29) is 10.8 Å². The molecule has 0 saturated heterocycles. The summed E-state index contributed by atoms with van der Waals surface area (Å²) in [5, 5.41) is 0. The van der Waals surface area contributed by atoms with Gasteiger partial charge in [-0.05, 0) is 44.6 Å². The third-order valence-electron chi connectivity index (χ3n) is 4.55. The van der Waals surface area contributed by atoms with Crippen LogP contribution in [0, 0.1) is 0 Å². The first-order chi connectivity index (χ1) is 10.5. The zero-order valence-corrected chi connectivity index (χ0v) is 16.1. The fraction of sp³-hybridized carbons (Fsp3) is 0.478. The van der Waals surface area contributed by atoms with Crippen molar-refractivity contribution in [3.8, 4) is 11.1 Å². The third-order valence-corrected chi connectivity index (χ3v) is 4.55. The van der Waals surface area contributed by atoms with Crippen LogP contribution in [0.3, 0.4) is 0 Å². The second-order valence-electron chi connectivity index (χ2n) is 9.08. The van der Waals surface area contributed by atoms with Gasteiger partial charge in [-0.15, -0.1) is 0 Å². The van der Waals surface area contributed by atoms with Crippen molar-refractivity contribution >= 4 is 0 Å². The van der Waals surface area contributed by atoms with Crippen molar-refractivity contribution in [2.24, 2.45) is 0 Å². The Morgan fingerprint density at radius 2 is 1.17 bits per heavy atom. The van der Waals surface area contributed by atoms with E-state index in [2.05, 4.69) is 97.9 Å². The molecule has 124 valence electrons. The molecule has 0 amide bonds. The molecule has 0 aliphatic heterocycles. The molecule has 0 bridgehead atoms. The average molecular weight is 309 g/mol. The lowest BCUT2D eigenvalue weighted by molar-refractivity contribution is 0.569. The van der Waals surface area contributed by atoms with Crippen LogP contribution in [0.4, 0.5) is 0 Å². The van der Waals surface area contributed by atoms with E-state index < -0.39 is 0 Å². The molecule has 0 saturated carbocycles. The van der Waals surface area contributed by atoms with Crippen LogP contribution >= 0.6 is 0 Å². The van der Waals surface area contributed by atoms with Gasteiger partial charge in [0.25, 0.3) is 0 Å². The Hall–Kier alpha value is -1.56. The zero-order chi connectivity index (χ0) is 17.4. The Bertz CT molecular complexity index is 644. The van der Waals surface area contributed by atoms with Crippen LogP contribution in [0.1, 0.15) is 78.0 Å². The molecule has 2 aromatic carbocycles. The van der Waals surface area contributed by atoms with Crippen molar-refractivity contribution in [1.29, 1.82) is 0 Å². The summed E-state index contributed by atoms with van der Waals surface area (Å²) in [6, 6.07) is 16.1. The smallest absolute Gasteiger partial charge is 0.0132 e. The summed E-state index contributed by atoms with van der Waals surface area (Å²) in [5.74, 6) is 0.558. The second-order valence-corrected chi connectivity index (χ2v) is 9.08. The van der Waals surface area contributed by atoms with Gasteiger partial charge in [-0.3, -0.25) is 0 Å². The lowest BCUT2D eigenvalue weighted by Gasteiger charge is -2.26. The summed E-state index contributed by atoms with van der Waals surface area (Å²) >= 11 is 0. The Morgan fingerprint density at radius 1 is 0.652 bits per heavy atom. The fourth-order valence-electron chi connectivity index (χ4n) is 2.74. The zero-order valence-electron chi connectivity index (χ0n) is 16.1. The highest BCUT2D eigenvalue weighted by Gasteiger charge is 2.21. The number of hydrogen-bond donors (Lipinski definition) is 0. The van der Waals surface area contributed by atoms with E-state index in [0.29, 0.717) is 5.92 Å². The van der Waals surface area contributed by atoms with Crippen LogP contribution in [0.25, 0.3) is 11.1 Å². The minimum Gasteiger partial charge on any atom is -0.0614 e. The van der Waals surface area contributed by atoms with E-state index in [1.165, 1.54) is 27.8 Å². The van der Waals surface area contributed by atoms with E-state index in [9.17, 15) is 0 Å². The van der Waals surface area contributed by atoms with Gasteiger partial charge in [0, 0.05) is 0 Å². The molecule has 23 heavy (non-hydrogen) atoms. The predicted molar refractivity (Wildman–Crippen MR) is 103 cm³/mol. The quantitative estimate of drug-likeness (QED) is 0.556. The summed E-state index contributed by atoms with van der Waals surface area (Å²) in [7, 11) is 0. The Kier molecular flexibility index (Phi) is 4.76. The highest BCUT2D eigenvalue weighted by Crippen LogP contribution is 2.34. The maximum absolute atomic E-state index is 2.38. The first-order valence-corrected chi connectivity index (χ1v) is 8.75. The van der Waals surface area contributed by atoms with Crippen molar-refractivity contribution in [3.05, 3.63) is 59.2 Å². The highest BCUT2D eigenvalue weighted by molar-refractivity contribution is 5.67. The van der Waals surface area contributed by atoms with Crippen LogP contribution < -0.4 is 0 Å². The van der Waals surface area contributed by atoms with E-state index in [1.54, 1.807) is 0 Å². The average Bonchev–Trinajstić information content (AvgIpc) is 2.45. The molecule has 0 heteroatoms. The molecule has 0 fully saturated rings. The maximum Gasteiger partial charge on any atom is -0.0132 e. The Labute approximate surface area is 143 Å². The monoisotopic (exact) mass is 308 g/mol. The SMILES string of the molecule is CC(C)c1cccc(-c2cc(C(C)(C)C)cc(C(C)(C)C)c2)c1. The molecule has 2 aromatic rings. The summed E-state index contributed by atoms with van der Waals surface area (Å²) < 4.78 is 0. The van der Waals surface area contributed by atoms with Gasteiger partial charge in [0.05, 0.1) is 0 Å². The van der Waals surface area contributed by atoms with Gasteiger partial charge in [0.15, 0.2) is 0 Å². The molecule has 2 rings (SSSR count). The predicted octanol–water partition coefficient (Wildman–Crippen LogP) is 7.07. The maximum atomic E-state index is 2.38. The Balaban J connectivity index is 2.64.